The average molecular weight is 1480 g/mol. The molecule has 2 saturated carbocycles. The molecule has 0 amide bonds. The number of methoxy groups -OCH3 is 2. The summed E-state index contributed by atoms with van der Waals surface area (Å²) >= 11 is 5.51. The van der Waals surface area contributed by atoms with Crippen molar-refractivity contribution < 1.29 is 185 Å². The number of hydrogen-bond donors (Lipinski definition) is 1. The number of hydrogen-bond acceptors (Lipinski definition) is 19. The first-order valence-electron chi connectivity index (χ1n) is 31.6. The van der Waals surface area contributed by atoms with Crippen LogP contribution < -0.4 is 132 Å². The third-order valence-corrected chi connectivity index (χ3v) is 17.9. The largest absolute Gasteiger partial charge is 1.00 e. The standard InChI is InChI=1S/C36H39F2N3O5.C30H26F2N2O5.C6H14ClN.CH2O3.ClH.2K.H/c1-6-41(7-2)14-15-45-31-20-28-26(19-30(31)44-5)34(40-22-39-28)46-29-13-10-24(16-27(29)38)18-33(43)36(21-35(36,3)4)32(42)17-23-8-11-25(37)12-9-23;1-29(2)15-30(29,26(36)11-17-4-7-19(31)8-5-17)27(37)12-18-6-9-24(21(32)10-18)39-28-20-13-25(38-3)23(35)14-22(20)33-16-34-28;1-3-8(4-2)6-5-7;2-1-4-3;;;;/h8-13,16,19-20,22H,6-7,14-15,17-18,21H2,1-5H3;4-10,13-14,16,35H,11-12,15H2,1-3H3;3-6H2,1-2H3;1,3H;1H;;;/q;;;;;2*+1;-1/p-1. The first-order valence-corrected chi connectivity index (χ1v) is 32.1. The molecule has 2 fully saturated rings. The van der Waals surface area contributed by atoms with Crippen LogP contribution in [0, 0.1) is 44.9 Å². The van der Waals surface area contributed by atoms with Gasteiger partial charge in [-0.3, -0.25) is 24.0 Å². The minimum Gasteiger partial charge on any atom is -1.00 e. The number of phenolic OH excluding ortho intramolecular Hbond substituents is 1. The minimum absolute atomic E-state index is 0. The van der Waals surface area contributed by atoms with Crippen LogP contribution >= 0.6 is 24.0 Å². The van der Waals surface area contributed by atoms with E-state index in [1.54, 1.807) is 36.4 Å². The molecule has 0 spiro atoms. The van der Waals surface area contributed by atoms with E-state index in [9.17, 15) is 33.1 Å². The molecule has 10 rings (SSSR count). The maximum Gasteiger partial charge on any atom is 1.00 e. The van der Waals surface area contributed by atoms with E-state index >= 15 is 8.78 Å². The number of aromatic nitrogens is 4. The third kappa shape index (κ3) is 21.7. The fourth-order valence-corrected chi connectivity index (χ4v) is 12.1. The Morgan fingerprint density at radius 1 is 0.550 bits per heavy atom. The zero-order chi connectivity index (χ0) is 70.8. The molecule has 0 saturated heterocycles. The summed E-state index contributed by atoms with van der Waals surface area (Å²) in [4.78, 5) is 86.2. The average Bonchev–Trinajstić information content (AvgIpc) is 1.55. The van der Waals surface area contributed by atoms with E-state index in [2.05, 4.69) is 62.3 Å². The Kier molecular flexibility index (Phi) is 34.6. The number of rotatable bonds is 29. The number of halogens is 6. The molecule has 8 aromatic rings. The monoisotopic (exact) mass is 1470 g/mol. The molecule has 1 N–H and O–H groups in total. The van der Waals surface area contributed by atoms with Crippen molar-refractivity contribution in [1.29, 1.82) is 0 Å². The number of nitrogens with zero attached hydrogens (tertiary/aromatic N) is 6. The molecule has 27 heteroatoms. The van der Waals surface area contributed by atoms with Gasteiger partial charge in [-0.15, -0.1) is 24.0 Å². The number of benzene rings is 6. The first-order chi connectivity index (χ1) is 46.3. The van der Waals surface area contributed by atoms with Crippen molar-refractivity contribution in [3.8, 4) is 46.3 Å². The predicted octanol–water partition coefficient (Wildman–Crippen LogP) is 7.07. The normalized spacial score (nSPS) is 15.6. The molecule has 19 nitrogen and oxygen atoms in total. The molecule has 2 aromatic heterocycles. The van der Waals surface area contributed by atoms with Gasteiger partial charge in [0, 0.05) is 56.8 Å². The van der Waals surface area contributed by atoms with Crippen molar-refractivity contribution in [2.45, 2.75) is 93.9 Å². The van der Waals surface area contributed by atoms with E-state index < -0.39 is 44.9 Å². The van der Waals surface area contributed by atoms with Crippen molar-refractivity contribution in [2.75, 3.05) is 66.0 Å². The summed E-state index contributed by atoms with van der Waals surface area (Å²) in [6, 6.07) is 26.1. The maximum atomic E-state index is 15.4. The van der Waals surface area contributed by atoms with Crippen LogP contribution in [0.25, 0.3) is 21.8 Å². The summed E-state index contributed by atoms with van der Waals surface area (Å²) in [5.74, 6) is -1.34. The summed E-state index contributed by atoms with van der Waals surface area (Å²) in [6.45, 7) is 22.1. The van der Waals surface area contributed by atoms with Crippen molar-refractivity contribution in [2.24, 2.45) is 21.7 Å². The van der Waals surface area contributed by atoms with Crippen molar-refractivity contribution in [1.82, 2.24) is 29.7 Å². The predicted molar refractivity (Wildman–Crippen MR) is 363 cm³/mol. The van der Waals surface area contributed by atoms with Crippen LogP contribution in [0.5, 0.6) is 46.3 Å². The molecule has 0 aliphatic heterocycles. The quantitative estimate of drug-likeness (QED) is 0.00937. The second-order valence-corrected chi connectivity index (χ2v) is 24.9. The van der Waals surface area contributed by atoms with Gasteiger partial charge in [-0.1, -0.05) is 91.8 Å². The van der Waals surface area contributed by atoms with Gasteiger partial charge in [0.15, 0.2) is 69.3 Å². The van der Waals surface area contributed by atoms with Crippen molar-refractivity contribution in [3.63, 3.8) is 0 Å². The number of likely N-dealkylation sites (N-methyl/N-ethyl adjacent to an activating group) is 1. The van der Waals surface area contributed by atoms with E-state index in [1.807, 2.05) is 27.7 Å². The Bertz CT molecular complexity index is 4090. The Morgan fingerprint density at radius 2 is 0.910 bits per heavy atom. The number of fused-ring (bicyclic) bond motifs is 2. The molecule has 2 aliphatic rings. The second kappa shape index (κ2) is 39.9. The van der Waals surface area contributed by atoms with E-state index in [0.717, 1.165) is 45.1 Å². The molecule has 0 bridgehead atoms. The minimum atomic E-state index is -1.17. The van der Waals surface area contributed by atoms with E-state index in [0.29, 0.717) is 75.0 Å². The Hall–Kier alpha value is -5.60. The number of phenols is 1. The van der Waals surface area contributed by atoms with Gasteiger partial charge in [0.1, 0.15) is 30.9 Å². The van der Waals surface area contributed by atoms with Gasteiger partial charge in [-0.05, 0) is 133 Å². The van der Waals surface area contributed by atoms with Crippen LogP contribution in [0.2, 0.25) is 0 Å². The first kappa shape index (κ1) is 86.8. The van der Waals surface area contributed by atoms with Crippen LogP contribution in [0.1, 0.15) is 91.9 Å². The zero-order valence-corrected chi connectivity index (χ0v) is 66.2. The van der Waals surface area contributed by atoms with Crippen LogP contribution in [0.15, 0.2) is 122 Å². The molecule has 100 heavy (non-hydrogen) atoms. The van der Waals surface area contributed by atoms with Gasteiger partial charge < -0.3 is 50.2 Å². The molecule has 2 atom stereocenters. The van der Waals surface area contributed by atoms with E-state index in [1.165, 1.54) is 99.7 Å². The molecule has 6 aromatic carbocycles. The topological polar surface area (TPSA) is 242 Å². The van der Waals surface area contributed by atoms with Gasteiger partial charge in [-0.25, -0.2) is 37.5 Å². The van der Waals surface area contributed by atoms with Gasteiger partial charge in [0.2, 0.25) is 11.8 Å². The summed E-state index contributed by atoms with van der Waals surface area (Å²) in [5, 5.41) is 19.3. The number of carbonyl (C=O) groups is 5. The van der Waals surface area contributed by atoms with Gasteiger partial charge in [-0.2, -0.15) is 0 Å². The number of carbonyl (C=O) groups excluding carboxylic acids is 5. The van der Waals surface area contributed by atoms with Crippen LogP contribution in [0.3, 0.4) is 0 Å². The van der Waals surface area contributed by atoms with Gasteiger partial charge >= 0.3 is 103 Å². The molecular formula is C73H82Cl2F4K2N6O13. The van der Waals surface area contributed by atoms with Crippen LogP contribution in [-0.4, -0.2) is 130 Å². The smallest absolute Gasteiger partial charge is 1.00 e. The summed E-state index contributed by atoms with van der Waals surface area (Å²) in [7, 11) is 2.93. The molecule has 0 radical (unpaired) electrons. The van der Waals surface area contributed by atoms with Crippen LogP contribution in [-0.2, 0) is 54.5 Å². The fraction of sp³-hybridized carbons (Fsp3) is 0.384. The molecular weight excluding hydrogens is 1390 g/mol. The van der Waals surface area contributed by atoms with Crippen LogP contribution in [0.4, 0.5) is 17.6 Å². The molecule has 526 valence electrons. The van der Waals surface area contributed by atoms with Gasteiger partial charge in [0.25, 0.3) is 6.47 Å². The van der Waals surface area contributed by atoms with E-state index in [4.69, 9.17) is 45.3 Å². The Balaban J connectivity index is 0.000000440. The number of Topliss-reactive ketones (excluding diaryl/α,β-unsaturated/α-hetero) is 4. The number of ketones is 4. The molecule has 2 aliphatic carbocycles. The number of alkyl halides is 1. The van der Waals surface area contributed by atoms with Crippen molar-refractivity contribution in [3.05, 3.63) is 167 Å². The fourth-order valence-electron chi connectivity index (χ4n) is 11.9. The SMILES string of the molecule is CCN(CC)CCCl.CCN(CC)CCOc1cc2ncnc(Oc3ccc(CC(=O)C4(C(=O)Cc5ccc(F)cc5)CC4(C)C)cc3F)c2cc1OC.COc1cc2c(Oc3ccc(CC(=O)C4(C(=O)Cc5ccc(F)cc5)CC4(C)C)cc3F)ncnc2cc1O.Cl.O=CO[O-].[H-].[K+].[K+]. The maximum absolute atomic E-state index is 15.4. The molecule has 2 heterocycles. The summed E-state index contributed by atoms with van der Waals surface area (Å²) in [6.07, 6.45) is 3.19. The van der Waals surface area contributed by atoms with Crippen molar-refractivity contribution >= 4 is 75.4 Å². The Labute approximate surface area is 677 Å². The zero-order valence-electron chi connectivity index (χ0n) is 59.4. The summed E-state index contributed by atoms with van der Waals surface area (Å²) < 4.78 is 85.4. The summed E-state index contributed by atoms with van der Waals surface area (Å²) in [5.41, 5.74) is -0.361. The number of aromatic hydroxyl groups is 1. The molecule has 2 unspecified atom stereocenters. The second-order valence-electron chi connectivity index (χ2n) is 24.5. The van der Waals surface area contributed by atoms with Gasteiger partial charge in [0.05, 0.1) is 46.9 Å². The Morgan fingerprint density at radius 3 is 1.25 bits per heavy atom. The third-order valence-electron chi connectivity index (χ3n) is 17.7. The number of ether oxygens (including phenoxy) is 5. The van der Waals surface area contributed by atoms with E-state index in [-0.39, 0.29) is 207 Å².